The largest absolute Gasteiger partial charge is 0.493 e. The first kappa shape index (κ1) is 13.4. The second kappa shape index (κ2) is 6.77. The Hall–Kier alpha value is -2.05. The molecule has 2 nitrogen and oxygen atoms in total. The molecule has 0 fully saturated rings. The third-order valence-electron chi connectivity index (χ3n) is 2.67. The van der Waals surface area contributed by atoms with Crippen LogP contribution < -0.4 is 4.74 Å². The second-order valence-electron chi connectivity index (χ2n) is 4.07. The standard InChI is InChI=1S/C16H15FO2/c17-8-2-10-19-16-7-6-14-11-13(3-1-9-18)4-5-15(14)12-16/h4-7,11-12,18H,2,8-10H2. The normalized spacial score (nSPS) is 10.0. The summed E-state index contributed by atoms with van der Waals surface area (Å²) >= 11 is 0. The van der Waals surface area contributed by atoms with Gasteiger partial charge in [-0.2, -0.15) is 0 Å². The average Bonchev–Trinajstić information content (AvgIpc) is 2.45. The molecule has 0 aliphatic heterocycles. The van der Waals surface area contributed by atoms with Crippen molar-refractivity contribution in [3.8, 4) is 17.6 Å². The van der Waals surface area contributed by atoms with Gasteiger partial charge >= 0.3 is 0 Å². The minimum atomic E-state index is -0.361. The number of alkyl halides is 1. The van der Waals surface area contributed by atoms with Crippen molar-refractivity contribution in [3.05, 3.63) is 42.0 Å². The molecule has 0 aliphatic rings. The van der Waals surface area contributed by atoms with E-state index in [1.165, 1.54) is 0 Å². The average molecular weight is 258 g/mol. The lowest BCUT2D eigenvalue weighted by molar-refractivity contribution is 0.290. The van der Waals surface area contributed by atoms with E-state index in [0.717, 1.165) is 22.1 Å². The maximum atomic E-state index is 12.0. The lowest BCUT2D eigenvalue weighted by atomic mass is 10.1. The van der Waals surface area contributed by atoms with E-state index in [-0.39, 0.29) is 13.3 Å². The molecule has 0 radical (unpaired) electrons. The Balaban J connectivity index is 2.20. The molecular weight excluding hydrogens is 243 g/mol. The summed E-state index contributed by atoms with van der Waals surface area (Å²) in [6.07, 6.45) is 0.410. The first-order valence-corrected chi connectivity index (χ1v) is 6.16. The van der Waals surface area contributed by atoms with Crippen molar-refractivity contribution in [3.63, 3.8) is 0 Å². The molecule has 3 heteroatoms. The number of benzene rings is 2. The lowest BCUT2D eigenvalue weighted by Crippen LogP contribution is -1.97. The molecule has 2 rings (SSSR count). The van der Waals surface area contributed by atoms with E-state index in [2.05, 4.69) is 11.8 Å². The summed E-state index contributed by atoms with van der Waals surface area (Å²) in [5.74, 6) is 6.24. The Morgan fingerprint density at radius 2 is 1.89 bits per heavy atom. The van der Waals surface area contributed by atoms with Gasteiger partial charge in [0.05, 0.1) is 13.3 Å². The van der Waals surface area contributed by atoms with Crippen LogP contribution in [0.15, 0.2) is 36.4 Å². The Kier molecular flexibility index (Phi) is 4.77. The van der Waals surface area contributed by atoms with Crippen molar-refractivity contribution in [1.29, 1.82) is 0 Å². The van der Waals surface area contributed by atoms with Crippen LogP contribution in [0.1, 0.15) is 12.0 Å². The maximum absolute atomic E-state index is 12.0. The van der Waals surface area contributed by atoms with Crippen molar-refractivity contribution in [2.45, 2.75) is 6.42 Å². The number of aliphatic hydroxyl groups is 1. The van der Waals surface area contributed by atoms with Crippen LogP contribution in [0.5, 0.6) is 5.75 Å². The molecule has 0 atom stereocenters. The molecule has 0 heterocycles. The third kappa shape index (κ3) is 3.70. The Morgan fingerprint density at radius 1 is 1.11 bits per heavy atom. The maximum Gasteiger partial charge on any atom is 0.119 e. The predicted octanol–water partition coefficient (Wildman–Crippen LogP) is 2.92. The molecule has 1 N–H and O–H groups in total. The molecule has 0 bridgehead atoms. The van der Waals surface area contributed by atoms with Gasteiger partial charge in [-0.15, -0.1) is 0 Å². The zero-order valence-corrected chi connectivity index (χ0v) is 10.5. The quantitative estimate of drug-likeness (QED) is 0.675. The van der Waals surface area contributed by atoms with E-state index in [0.29, 0.717) is 13.0 Å². The van der Waals surface area contributed by atoms with Gasteiger partial charge in [-0.05, 0) is 35.0 Å². The highest BCUT2D eigenvalue weighted by Crippen LogP contribution is 2.22. The van der Waals surface area contributed by atoms with Gasteiger partial charge in [-0.25, -0.2) is 0 Å². The van der Waals surface area contributed by atoms with Crippen molar-refractivity contribution in [1.82, 2.24) is 0 Å². The zero-order chi connectivity index (χ0) is 13.5. The topological polar surface area (TPSA) is 29.5 Å². The number of fused-ring (bicyclic) bond motifs is 1. The molecule has 0 saturated carbocycles. The fraction of sp³-hybridized carbons (Fsp3) is 0.250. The number of ether oxygens (including phenoxy) is 1. The minimum absolute atomic E-state index is 0.139. The number of halogens is 1. The summed E-state index contributed by atoms with van der Waals surface area (Å²) in [5, 5.41) is 10.8. The highest BCUT2D eigenvalue weighted by Gasteiger charge is 1.98. The van der Waals surface area contributed by atoms with Crippen molar-refractivity contribution < 1.29 is 14.2 Å². The summed E-state index contributed by atoms with van der Waals surface area (Å²) in [7, 11) is 0. The first-order chi connectivity index (χ1) is 9.33. The third-order valence-corrected chi connectivity index (χ3v) is 2.67. The van der Waals surface area contributed by atoms with E-state index in [1.54, 1.807) is 0 Å². The van der Waals surface area contributed by atoms with Gasteiger partial charge < -0.3 is 9.84 Å². The monoisotopic (exact) mass is 258 g/mol. The van der Waals surface area contributed by atoms with E-state index in [4.69, 9.17) is 9.84 Å². The highest BCUT2D eigenvalue weighted by atomic mass is 19.1. The van der Waals surface area contributed by atoms with Crippen molar-refractivity contribution >= 4 is 10.8 Å². The highest BCUT2D eigenvalue weighted by molar-refractivity contribution is 5.85. The van der Waals surface area contributed by atoms with Crippen LogP contribution in [0.3, 0.4) is 0 Å². The number of rotatable bonds is 4. The van der Waals surface area contributed by atoms with Crippen LogP contribution in [-0.4, -0.2) is 25.0 Å². The van der Waals surface area contributed by atoms with Crippen LogP contribution in [0.4, 0.5) is 4.39 Å². The molecule has 0 spiro atoms. The van der Waals surface area contributed by atoms with Crippen molar-refractivity contribution in [2.24, 2.45) is 0 Å². The first-order valence-electron chi connectivity index (χ1n) is 6.16. The van der Waals surface area contributed by atoms with Crippen LogP contribution in [0, 0.1) is 11.8 Å². The number of hydrogen-bond donors (Lipinski definition) is 1. The molecule has 0 aromatic heterocycles. The van der Waals surface area contributed by atoms with Crippen LogP contribution in [-0.2, 0) is 0 Å². The predicted molar refractivity (Wildman–Crippen MR) is 74.0 cm³/mol. The van der Waals surface area contributed by atoms with Gasteiger partial charge in [-0.1, -0.05) is 24.0 Å². The van der Waals surface area contributed by atoms with E-state index < -0.39 is 0 Å². The van der Waals surface area contributed by atoms with Gasteiger partial charge in [0, 0.05) is 12.0 Å². The van der Waals surface area contributed by atoms with Gasteiger partial charge in [0.25, 0.3) is 0 Å². The Morgan fingerprint density at radius 3 is 2.68 bits per heavy atom. The van der Waals surface area contributed by atoms with Crippen LogP contribution in [0.25, 0.3) is 10.8 Å². The molecular formula is C16H15FO2. The second-order valence-corrected chi connectivity index (χ2v) is 4.07. The SMILES string of the molecule is OCC#Cc1ccc2cc(OCCCF)ccc2c1. The summed E-state index contributed by atoms with van der Waals surface area (Å²) in [6, 6.07) is 11.6. The van der Waals surface area contributed by atoms with E-state index in [9.17, 15) is 4.39 Å². The Labute approximate surface area is 111 Å². The zero-order valence-electron chi connectivity index (χ0n) is 10.5. The molecule has 2 aromatic rings. The summed E-state index contributed by atoms with van der Waals surface area (Å²) in [6.45, 7) is -0.109. The molecule has 0 amide bonds. The molecule has 19 heavy (non-hydrogen) atoms. The summed E-state index contributed by atoms with van der Waals surface area (Å²) < 4.78 is 17.4. The van der Waals surface area contributed by atoms with Crippen LogP contribution >= 0.6 is 0 Å². The molecule has 98 valence electrons. The van der Waals surface area contributed by atoms with Gasteiger partial charge in [0.1, 0.15) is 12.4 Å². The number of hydrogen-bond acceptors (Lipinski definition) is 2. The van der Waals surface area contributed by atoms with E-state index >= 15 is 0 Å². The summed E-state index contributed by atoms with van der Waals surface area (Å²) in [4.78, 5) is 0. The molecule has 0 aliphatic carbocycles. The van der Waals surface area contributed by atoms with Gasteiger partial charge in [0.2, 0.25) is 0 Å². The molecule has 0 saturated heterocycles. The van der Waals surface area contributed by atoms with Gasteiger partial charge in [-0.3, -0.25) is 4.39 Å². The van der Waals surface area contributed by atoms with Gasteiger partial charge in [0.15, 0.2) is 0 Å². The smallest absolute Gasteiger partial charge is 0.119 e. The molecule has 2 aromatic carbocycles. The Bertz CT molecular complexity index is 611. The minimum Gasteiger partial charge on any atom is -0.493 e. The summed E-state index contributed by atoms with van der Waals surface area (Å²) in [5.41, 5.74) is 0.868. The fourth-order valence-electron chi connectivity index (χ4n) is 1.78. The molecule has 0 unspecified atom stereocenters. The fourth-order valence-corrected chi connectivity index (χ4v) is 1.78. The van der Waals surface area contributed by atoms with E-state index in [1.807, 2.05) is 36.4 Å². The lowest BCUT2D eigenvalue weighted by Gasteiger charge is -2.06. The van der Waals surface area contributed by atoms with Crippen molar-refractivity contribution in [2.75, 3.05) is 19.9 Å². The van der Waals surface area contributed by atoms with Crippen LogP contribution in [0.2, 0.25) is 0 Å². The number of aliphatic hydroxyl groups excluding tert-OH is 1.